The van der Waals surface area contributed by atoms with E-state index in [1.807, 2.05) is 18.7 Å². The Morgan fingerprint density at radius 3 is 2.65 bits per heavy atom. The maximum Gasteiger partial charge on any atom is 0.136 e. The Morgan fingerprint density at radius 1 is 1.59 bits per heavy atom. The van der Waals surface area contributed by atoms with Gasteiger partial charge in [0.1, 0.15) is 10.8 Å². The molecule has 0 aromatic carbocycles. The zero-order valence-electron chi connectivity index (χ0n) is 11.3. The van der Waals surface area contributed by atoms with Crippen LogP contribution in [-0.2, 0) is 7.05 Å². The molecule has 0 spiro atoms. The SMILES string of the molecule is CCC(C)CN(C)c1c(C(N)=S)c(C)nn1C. The summed E-state index contributed by atoms with van der Waals surface area (Å²) in [5.41, 5.74) is 7.57. The number of anilines is 1. The smallest absolute Gasteiger partial charge is 0.136 e. The highest BCUT2D eigenvalue weighted by atomic mass is 32.1. The first kappa shape index (κ1) is 14.0. The monoisotopic (exact) mass is 254 g/mol. The lowest BCUT2D eigenvalue weighted by atomic mass is 10.1. The zero-order valence-corrected chi connectivity index (χ0v) is 12.1. The number of aryl methyl sites for hydroxylation is 2. The Labute approximate surface area is 109 Å². The summed E-state index contributed by atoms with van der Waals surface area (Å²) < 4.78 is 1.85. The lowest BCUT2D eigenvalue weighted by Crippen LogP contribution is -2.28. The van der Waals surface area contributed by atoms with Crippen LogP contribution in [0.4, 0.5) is 5.82 Å². The molecule has 4 nitrogen and oxygen atoms in total. The van der Waals surface area contributed by atoms with Crippen molar-refractivity contribution in [1.82, 2.24) is 9.78 Å². The van der Waals surface area contributed by atoms with E-state index in [9.17, 15) is 0 Å². The van der Waals surface area contributed by atoms with E-state index in [2.05, 4.69) is 30.9 Å². The lowest BCUT2D eigenvalue weighted by molar-refractivity contribution is 0.551. The molecule has 96 valence electrons. The number of thiocarbonyl (C=S) groups is 1. The van der Waals surface area contributed by atoms with E-state index in [0.29, 0.717) is 10.9 Å². The Morgan fingerprint density at radius 2 is 2.18 bits per heavy atom. The van der Waals surface area contributed by atoms with Gasteiger partial charge >= 0.3 is 0 Å². The summed E-state index contributed by atoms with van der Waals surface area (Å²) >= 11 is 5.11. The van der Waals surface area contributed by atoms with Gasteiger partial charge in [-0.1, -0.05) is 32.5 Å². The molecule has 1 heterocycles. The second kappa shape index (κ2) is 5.49. The molecule has 0 saturated heterocycles. The van der Waals surface area contributed by atoms with Gasteiger partial charge in [0.15, 0.2) is 0 Å². The first-order valence-corrected chi connectivity index (χ1v) is 6.33. The van der Waals surface area contributed by atoms with Crippen molar-refractivity contribution in [3.63, 3.8) is 0 Å². The van der Waals surface area contributed by atoms with Crippen molar-refractivity contribution in [3.05, 3.63) is 11.3 Å². The first-order valence-electron chi connectivity index (χ1n) is 5.93. The van der Waals surface area contributed by atoms with Gasteiger partial charge in [0.05, 0.1) is 11.3 Å². The summed E-state index contributed by atoms with van der Waals surface area (Å²) in [6.45, 7) is 7.35. The minimum absolute atomic E-state index is 0.418. The molecule has 1 aromatic rings. The summed E-state index contributed by atoms with van der Waals surface area (Å²) in [6, 6.07) is 0. The Balaban J connectivity index is 3.08. The standard InChI is InChI=1S/C12H22N4S/c1-6-8(2)7-15(4)12-10(11(13)17)9(3)14-16(12)5/h8H,6-7H2,1-5H3,(H2,13,17). The average Bonchev–Trinajstić information content (AvgIpc) is 2.53. The summed E-state index contributed by atoms with van der Waals surface area (Å²) in [6.07, 6.45) is 1.16. The molecule has 2 N–H and O–H groups in total. The van der Waals surface area contributed by atoms with Gasteiger partial charge in [0.2, 0.25) is 0 Å². The largest absolute Gasteiger partial charge is 0.389 e. The number of aromatic nitrogens is 2. The highest BCUT2D eigenvalue weighted by Crippen LogP contribution is 2.23. The molecule has 0 saturated carbocycles. The molecule has 1 aromatic heterocycles. The fourth-order valence-electron chi connectivity index (χ4n) is 2.06. The Bertz CT molecular complexity index is 411. The van der Waals surface area contributed by atoms with Crippen LogP contribution in [0.3, 0.4) is 0 Å². The average molecular weight is 254 g/mol. The van der Waals surface area contributed by atoms with Gasteiger partial charge in [-0.25, -0.2) is 0 Å². The normalized spacial score (nSPS) is 12.5. The molecule has 1 atom stereocenters. The van der Waals surface area contributed by atoms with Crippen molar-refractivity contribution in [2.24, 2.45) is 18.7 Å². The third-order valence-electron chi connectivity index (χ3n) is 3.08. The molecule has 0 aliphatic carbocycles. The van der Waals surface area contributed by atoms with Gasteiger partial charge < -0.3 is 10.6 Å². The van der Waals surface area contributed by atoms with Gasteiger partial charge in [-0.3, -0.25) is 4.68 Å². The van der Waals surface area contributed by atoms with Crippen molar-refractivity contribution >= 4 is 23.0 Å². The maximum atomic E-state index is 5.78. The zero-order chi connectivity index (χ0) is 13.2. The number of nitrogens with zero attached hydrogens (tertiary/aromatic N) is 3. The maximum absolute atomic E-state index is 5.78. The molecular formula is C12H22N4S. The molecule has 17 heavy (non-hydrogen) atoms. The van der Waals surface area contributed by atoms with Crippen LogP contribution in [0.1, 0.15) is 31.5 Å². The van der Waals surface area contributed by atoms with Crippen LogP contribution in [0.25, 0.3) is 0 Å². The summed E-state index contributed by atoms with van der Waals surface area (Å²) in [5, 5.41) is 4.39. The predicted octanol–water partition coefficient (Wildman–Crippen LogP) is 1.85. The van der Waals surface area contributed by atoms with Gasteiger partial charge in [0, 0.05) is 20.6 Å². The molecule has 0 fully saturated rings. The topological polar surface area (TPSA) is 47.1 Å². The molecule has 0 aliphatic heterocycles. The fourth-order valence-corrected chi connectivity index (χ4v) is 2.29. The quantitative estimate of drug-likeness (QED) is 0.815. The summed E-state index contributed by atoms with van der Waals surface area (Å²) in [4.78, 5) is 2.60. The molecule has 1 rings (SSSR count). The van der Waals surface area contributed by atoms with Crippen LogP contribution in [0.2, 0.25) is 0 Å². The van der Waals surface area contributed by atoms with E-state index in [4.69, 9.17) is 18.0 Å². The van der Waals surface area contributed by atoms with E-state index in [1.165, 1.54) is 0 Å². The predicted molar refractivity (Wildman–Crippen MR) is 76.6 cm³/mol. The van der Waals surface area contributed by atoms with Gasteiger partial charge in [-0.15, -0.1) is 0 Å². The third-order valence-corrected chi connectivity index (χ3v) is 3.29. The molecule has 5 heteroatoms. The molecule has 0 amide bonds. The Hall–Kier alpha value is -1.10. The van der Waals surface area contributed by atoms with Crippen LogP contribution < -0.4 is 10.6 Å². The second-order valence-corrected chi connectivity index (χ2v) is 5.11. The van der Waals surface area contributed by atoms with Crippen molar-refractivity contribution in [2.75, 3.05) is 18.5 Å². The Kier molecular flexibility index (Phi) is 4.51. The summed E-state index contributed by atoms with van der Waals surface area (Å²) in [7, 11) is 3.99. The molecular weight excluding hydrogens is 232 g/mol. The highest BCUT2D eigenvalue weighted by Gasteiger charge is 2.19. The van der Waals surface area contributed by atoms with Crippen LogP contribution in [0.15, 0.2) is 0 Å². The first-order chi connectivity index (χ1) is 7.88. The third kappa shape index (κ3) is 2.97. The van der Waals surface area contributed by atoms with Crippen molar-refractivity contribution in [3.8, 4) is 0 Å². The van der Waals surface area contributed by atoms with Gasteiger partial charge in [0.25, 0.3) is 0 Å². The summed E-state index contributed by atoms with van der Waals surface area (Å²) in [5.74, 6) is 1.64. The van der Waals surface area contributed by atoms with Crippen LogP contribution >= 0.6 is 12.2 Å². The van der Waals surface area contributed by atoms with Crippen LogP contribution in [0.5, 0.6) is 0 Å². The second-order valence-electron chi connectivity index (χ2n) is 4.67. The number of nitrogens with two attached hydrogens (primary N) is 1. The molecule has 0 aliphatic rings. The minimum atomic E-state index is 0.418. The van der Waals surface area contributed by atoms with E-state index in [1.54, 1.807) is 0 Å². The van der Waals surface area contributed by atoms with E-state index in [-0.39, 0.29) is 0 Å². The van der Waals surface area contributed by atoms with Crippen LogP contribution in [-0.4, -0.2) is 28.4 Å². The van der Waals surface area contributed by atoms with Gasteiger partial charge in [-0.05, 0) is 12.8 Å². The number of hydrogen-bond donors (Lipinski definition) is 1. The van der Waals surface area contributed by atoms with E-state index in [0.717, 1.165) is 30.0 Å². The molecule has 0 radical (unpaired) electrons. The van der Waals surface area contributed by atoms with Gasteiger partial charge in [-0.2, -0.15) is 5.10 Å². The van der Waals surface area contributed by atoms with Crippen LogP contribution in [0, 0.1) is 12.8 Å². The van der Waals surface area contributed by atoms with E-state index >= 15 is 0 Å². The van der Waals surface area contributed by atoms with Crippen molar-refractivity contribution in [2.45, 2.75) is 27.2 Å². The number of hydrogen-bond acceptors (Lipinski definition) is 3. The van der Waals surface area contributed by atoms with Crippen molar-refractivity contribution < 1.29 is 0 Å². The lowest BCUT2D eigenvalue weighted by Gasteiger charge is -2.23. The van der Waals surface area contributed by atoms with Crippen molar-refractivity contribution in [1.29, 1.82) is 0 Å². The van der Waals surface area contributed by atoms with E-state index < -0.39 is 0 Å². The number of rotatable bonds is 5. The highest BCUT2D eigenvalue weighted by molar-refractivity contribution is 7.80. The molecule has 0 bridgehead atoms. The molecule has 1 unspecified atom stereocenters. The minimum Gasteiger partial charge on any atom is -0.389 e. The fraction of sp³-hybridized carbons (Fsp3) is 0.667.